The summed E-state index contributed by atoms with van der Waals surface area (Å²) >= 11 is 0. The Morgan fingerprint density at radius 2 is 2.06 bits per heavy atom. The average molecular weight is 457 g/mol. The number of anilines is 1. The second kappa shape index (κ2) is 9.36. The molecule has 0 spiro atoms. The van der Waals surface area contributed by atoms with Crippen molar-refractivity contribution >= 4 is 11.6 Å². The Kier molecular flexibility index (Phi) is 5.96. The summed E-state index contributed by atoms with van der Waals surface area (Å²) in [6.45, 7) is 0.611. The van der Waals surface area contributed by atoms with Crippen LogP contribution in [0.15, 0.2) is 66.1 Å². The molecule has 0 radical (unpaired) electrons. The van der Waals surface area contributed by atoms with Crippen LogP contribution in [0.4, 0.5) is 5.69 Å². The molecule has 5 rings (SSSR count). The van der Waals surface area contributed by atoms with Gasteiger partial charge in [0.05, 0.1) is 30.5 Å². The van der Waals surface area contributed by atoms with Crippen LogP contribution in [0.1, 0.15) is 24.1 Å². The molecule has 1 saturated heterocycles. The van der Waals surface area contributed by atoms with E-state index in [9.17, 15) is 9.59 Å². The average Bonchev–Trinajstić information content (AvgIpc) is 3.54. The third-order valence-corrected chi connectivity index (χ3v) is 5.53. The van der Waals surface area contributed by atoms with Gasteiger partial charge in [-0.15, -0.1) is 0 Å². The summed E-state index contributed by atoms with van der Waals surface area (Å²) in [5.41, 5.74) is 3.30. The number of carbonyl (C=O) groups is 1. The molecule has 1 aliphatic rings. The van der Waals surface area contributed by atoms with Gasteiger partial charge in [0.1, 0.15) is 17.5 Å². The lowest BCUT2D eigenvalue weighted by Crippen LogP contribution is -2.26. The zero-order chi connectivity index (χ0) is 23.5. The third-order valence-electron chi connectivity index (χ3n) is 5.53. The van der Waals surface area contributed by atoms with Crippen molar-refractivity contribution in [2.24, 2.45) is 7.05 Å². The summed E-state index contributed by atoms with van der Waals surface area (Å²) in [4.78, 5) is 33.4. The van der Waals surface area contributed by atoms with Crippen LogP contribution >= 0.6 is 0 Å². The van der Waals surface area contributed by atoms with E-state index in [1.54, 1.807) is 34.2 Å². The fourth-order valence-electron chi connectivity index (χ4n) is 3.80. The number of nitrogens with zero attached hydrogens (tertiary/aromatic N) is 6. The topological polar surface area (TPSA) is 117 Å². The largest absolute Gasteiger partial charge is 0.368 e. The van der Waals surface area contributed by atoms with Crippen molar-refractivity contribution < 1.29 is 9.53 Å². The van der Waals surface area contributed by atoms with Gasteiger partial charge in [0.15, 0.2) is 5.82 Å². The van der Waals surface area contributed by atoms with Gasteiger partial charge < -0.3 is 10.1 Å². The maximum Gasteiger partial charge on any atom is 0.253 e. The third kappa shape index (κ3) is 4.76. The molecule has 1 N–H and O–H groups in total. The van der Waals surface area contributed by atoms with E-state index in [2.05, 4.69) is 25.5 Å². The van der Waals surface area contributed by atoms with Crippen molar-refractivity contribution in [3.63, 3.8) is 0 Å². The minimum Gasteiger partial charge on any atom is -0.368 e. The monoisotopic (exact) mass is 457 g/mol. The molecule has 4 aromatic rings. The molecule has 10 heteroatoms. The lowest BCUT2D eigenvalue weighted by Gasteiger charge is -2.10. The van der Waals surface area contributed by atoms with E-state index < -0.39 is 6.10 Å². The number of benzene rings is 1. The van der Waals surface area contributed by atoms with Gasteiger partial charge in [0, 0.05) is 37.9 Å². The Hall–Kier alpha value is -4.18. The smallest absolute Gasteiger partial charge is 0.253 e. The molecular formula is C24H23N7O3. The number of nitrogens with one attached hydrogen (secondary N) is 1. The van der Waals surface area contributed by atoms with Crippen LogP contribution in [0.3, 0.4) is 0 Å². The molecule has 3 aromatic heterocycles. The fourth-order valence-corrected chi connectivity index (χ4v) is 3.80. The first-order chi connectivity index (χ1) is 16.5. The predicted octanol–water partition coefficient (Wildman–Crippen LogP) is 2.13. The van der Waals surface area contributed by atoms with Crippen molar-refractivity contribution in [3.8, 4) is 17.1 Å². The van der Waals surface area contributed by atoms with Gasteiger partial charge in [0.2, 0.25) is 5.43 Å². The Balaban J connectivity index is 1.32. The summed E-state index contributed by atoms with van der Waals surface area (Å²) in [5.74, 6) is 0.342. The van der Waals surface area contributed by atoms with Crippen LogP contribution in [0.5, 0.6) is 0 Å². The van der Waals surface area contributed by atoms with Crippen LogP contribution in [-0.4, -0.2) is 48.1 Å². The molecule has 4 heterocycles. The number of aromatic nitrogens is 6. The Labute approximate surface area is 195 Å². The van der Waals surface area contributed by atoms with Gasteiger partial charge in [-0.3, -0.25) is 14.3 Å². The minimum absolute atomic E-state index is 0.131. The second-order valence-electron chi connectivity index (χ2n) is 8.11. The quantitative estimate of drug-likeness (QED) is 0.471. The summed E-state index contributed by atoms with van der Waals surface area (Å²) in [6.07, 6.45) is 9.86. The lowest BCUT2D eigenvalue weighted by molar-refractivity contribution is -0.124. The van der Waals surface area contributed by atoms with Gasteiger partial charge in [0.25, 0.3) is 5.91 Å². The van der Waals surface area contributed by atoms with Gasteiger partial charge in [-0.2, -0.15) is 10.2 Å². The number of ether oxygens (including phenoxy) is 1. The molecule has 0 aliphatic carbocycles. The zero-order valence-corrected chi connectivity index (χ0v) is 18.6. The van der Waals surface area contributed by atoms with E-state index in [1.807, 2.05) is 37.5 Å². The first-order valence-electron chi connectivity index (χ1n) is 11.0. The van der Waals surface area contributed by atoms with E-state index in [-0.39, 0.29) is 11.3 Å². The molecule has 1 amide bonds. The molecular weight excluding hydrogens is 434 g/mol. The number of aryl methyl sites for hydroxylation is 1. The van der Waals surface area contributed by atoms with Gasteiger partial charge in [-0.1, -0.05) is 18.2 Å². The summed E-state index contributed by atoms with van der Waals surface area (Å²) < 4.78 is 8.72. The molecule has 1 atom stereocenters. The highest BCUT2D eigenvalue weighted by molar-refractivity contribution is 5.94. The highest BCUT2D eigenvalue weighted by Crippen LogP contribution is 2.19. The van der Waals surface area contributed by atoms with E-state index in [0.29, 0.717) is 30.2 Å². The molecule has 1 aliphatic heterocycles. The van der Waals surface area contributed by atoms with Crippen LogP contribution < -0.4 is 10.7 Å². The molecule has 34 heavy (non-hydrogen) atoms. The maximum absolute atomic E-state index is 12.4. The minimum atomic E-state index is -0.411. The number of carbonyl (C=O) groups excluding carboxylic acids is 1. The predicted molar refractivity (Wildman–Crippen MR) is 124 cm³/mol. The zero-order valence-electron chi connectivity index (χ0n) is 18.6. The Morgan fingerprint density at radius 1 is 1.21 bits per heavy atom. The first kappa shape index (κ1) is 21.7. The van der Waals surface area contributed by atoms with Crippen molar-refractivity contribution in [1.29, 1.82) is 0 Å². The highest BCUT2D eigenvalue weighted by Gasteiger charge is 2.23. The number of rotatable bonds is 6. The Morgan fingerprint density at radius 3 is 2.79 bits per heavy atom. The normalized spacial score (nSPS) is 15.4. The molecule has 1 aromatic carbocycles. The summed E-state index contributed by atoms with van der Waals surface area (Å²) in [7, 11) is 1.82. The lowest BCUT2D eigenvalue weighted by atomic mass is 10.1. The van der Waals surface area contributed by atoms with E-state index in [0.717, 1.165) is 29.7 Å². The molecule has 172 valence electrons. The van der Waals surface area contributed by atoms with Crippen molar-refractivity contribution in [1.82, 2.24) is 29.5 Å². The number of hydrogen-bond donors (Lipinski definition) is 1. The van der Waals surface area contributed by atoms with Crippen molar-refractivity contribution in [2.75, 3.05) is 11.9 Å². The first-order valence-corrected chi connectivity index (χ1v) is 11.0. The molecule has 1 unspecified atom stereocenters. The molecule has 0 saturated carbocycles. The molecule has 1 fully saturated rings. The highest BCUT2D eigenvalue weighted by atomic mass is 16.5. The van der Waals surface area contributed by atoms with Crippen LogP contribution in [-0.2, 0) is 23.0 Å². The fraction of sp³-hybridized carbons (Fsp3) is 0.250. The summed E-state index contributed by atoms with van der Waals surface area (Å²) in [6, 6.07) is 9.16. The molecule has 10 nitrogen and oxygen atoms in total. The van der Waals surface area contributed by atoms with Crippen LogP contribution in [0.2, 0.25) is 0 Å². The van der Waals surface area contributed by atoms with Gasteiger partial charge in [-0.25, -0.2) is 14.6 Å². The standard InChI is InChI=1S/C24H23N7O3/c1-30-15-19(14-27-30)31-8-7-21(32)20(29-31)11-16-4-2-5-17(10-16)23-25-12-18(13-26-23)28-24(33)22-6-3-9-34-22/h2,4-5,7-8,10,12-15,22H,3,6,9,11H2,1H3,(H,28,33). The number of amides is 1. The van der Waals surface area contributed by atoms with E-state index in [1.165, 1.54) is 6.07 Å². The number of hydrogen-bond acceptors (Lipinski definition) is 7. The second-order valence-corrected chi connectivity index (χ2v) is 8.11. The Bertz CT molecular complexity index is 1370. The van der Waals surface area contributed by atoms with Crippen molar-refractivity contribution in [2.45, 2.75) is 25.4 Å². The SMILES string of the molecule is Cn1cc(-n2ccc(=O)c(Cc3cccc(-c4ncc(NC(=O)C5CCCO5)cn4)c3)n2)cn1. The van der Waals surface area contributed by atoms with Crippen molar-refractivity contribution in [3.05, 3.63) is 82.8 Å². The van der Waals surface area contributed by atoms with Crippen LogP contribution in [0, 0.1) is 0 Å². The van der Waals surface area contributed by atoms with E-state index in [4.69, 9.17) is 4.74 Å². The van der Waals surface area contributed by atoms with Gasteiger partial charge in [-0.05, 0) is 24.5 Å². The van der Waals surface area contributed by atoms with Gasteiger partial charge >= 0.3 is 0 Å². The van der Waals surface area contributed by atoms with Crippen LogP contribution in [0.25, 0.3) is 17.1 Å². The summed E-state index contributed by atoms with van der Waals surface area (Å²) in [5, 5.41) is 11.4. The molecule has 0 bridgehead atoms. The van der Waals surface area contributed by atoms with E-state index >= 15 is 0 Å². The maximum atomic E-state index is 12.4.